The first-order chi connectivity index (χ1) is 13.6. The van der Waals surface area contributed by atoms with E-state index in [1.807, 2.05) is 12.3 Å². The number of hydrogen-bond acceptors (Lipinski definition) is 3. The van der Waals surface area contributed by atoms with E-state index in [2.05, 4.69) is 48.1 Å². The summed E-state index contributed by atoms with van der Waals surface area (Å²) in [6.07, 6.45) is 12.2. The first-order valence-electron chi connectivity index (χ1n) is 11.3. The second kappa shape index (κ2) is 7.26. The molecular weight excluding hydrogens is 342 g/mol. The number of rotatable bonds is 6. The van der Waals surface area contributed by atoms with Crippen LogP contribution in [0.1, 0.15) is 75.3 Å². The molecule has 2 aromatic rings. The summed E-state index contributed by atoms with van der Waals surface area (Å²) in [6.45, 7) is 8.91. The van der Waals surface area contributed by atoms with E-state index >= 15 is 0 Å². The van der Waals surface area contributed by atoms with Crippen molar-refractivity contribution in [3.63, 3.8) is 0 Å². The zero-order valence-corrected chi connectivity index (χ0v) is 17.4. The molecule has 0 spiro atoms. The predicted octanol–water partition coefficient (Wildman–Crippen LogP) is 5.64. The summed E-state index contributed by atoms with van der Waals surface area (Å²) in [6, 6.07) is 8.48. The van der Waals surface area contributed by atoms with E-state index in [1.165, 1.54) is 63.7 Å². The van der Waals surface area contributed by atoms with Crippen LogP contribution in [-0.4, -0.2) is 34.5 Å². The van der Waals surface area contributed by atoms with Gasteiger partial charge in [0.2, 0.25) is 0 Å². The van der Waals surface area contributed by atoms with E-state index < -0.39 is 0 Å². The Hall–Kier alpha value is -1.74. The summed E-state index contributed by atoms with van der Waals surface area (Å²) in [4.78, 5) is 12.0. The lowest BCUT2D eigenvalue weighted by Gasteiger charge is -2.60. The molecule has 1 aliphatic heterocycles. The van der Waals surface area contributed by atoms with Gasteiger partial charge >= 0.3 is 0 Å². The molecule has 2 aromatic heterocycles. The van der Waals surface area contributed by atoms with Gasteiger partial charge in [-0.15, -0.1) is 0 Å². The predicted molar refractivity (Wildman–Crippen MR) is 114 cm³/mol. The number of hydrogen-bond donors (Lipinski definition) is 0. The van der Waals surface area contributed by atoms with E-state index in [1.54, 1.807) is 5.56 Å². The lowest BCUT2D eigenvalue weighted by molar-refractivity contribution is -0.00872. The van der Waals surface area contributed by atoms with Crippen LogP contribution in [0.3, 0.4) is 0 Å². The molecule has 3 aliphatic carbocycles. The average molecular weight is 376 g/mol. The Kier molecular flexibility index (Phi) is 4.74. The fourth-order valence-corrected chi connectivity index (χ4v) is 6.20. The molecule has 148 valence electrons. The van der Waals surface area contributed by atoms with Crippen LogP contribution in [0.15, 0.2) is 36.7 Å². The summed E-state index contributed by atoms with van der Waals surface area (Å²) in [5.41, 5.74) is 5.58. The van der Waals surface area contributed by atoms with Crippen molar-refractivity contribution >= 4 is 0 Å². The van der Waals surface area contributed by atoms with Crippen molar-refractivity contribution in [2.24, 2.45) is 11.3 Å². The molecule has 28 heavy (non-hydrogen) atoms. The molecular formula is C25H33N3. The zero-order chi connectivity index (χ0) is 19.1. The minimum Gasteiger partial charge on any atom is -0.303 e. The van der Waals surface area contributed by atoms with Crippen LogP contribution in [0.2, 0.25) is 0 Å². The Balaban J connectivity index is 1.36. The maximum Gasteiger partial charge on any atom is 0.0889 e. The minimum absolute atomic E-state index is 0.431. The molecule has 3 heterocycles. The highest BCUT2D eigenvalue weighted by molar-refractivity contribution is 5.57. The SMILES string of the molecule is CC1(C)[C@@H]2C[C@H]1c1cnc(-c3ccccn3)cc1C2CCCCN1CCCC1. The maximum absolute atomic E-state index is 4.82. The van der Waals surface area contributed by atoms with Crippen LogP contribution in [0, 0.1) is 11.3 Å². The molecule has 1 saturated heterocycles. The van der Waals surface area contributed by atoms with Crippen molar-refractivity contribution in [1.82, 2.24) is 14.9 Å². The van der Waals surface area contributed by atoms with Gasteiger partial charge in [-0.2, -0.15) is 0 Å². The molecule has 3 nitrogen and oxygen atoms in total. The van der Waals surface area contributed by atoms with E-state index in [9.17, 15) is 0 Å². The molecule has 1 unspecified atom stereocenters. The van der Waals surface area contributed by atoms with Crippen LogP contribution >= 0.6 is 0 Å². The molecule has 0 N–H and O–H groups in total. The third kappa shape index (κ3) is 3.08. The largest absolute Gasteiger partial charge is 0.303 e. The fourth-order valence-electron chi connectivity index (χ4n) is 6.20. The van der Waals surface area contributed by atoms with Crippen LogP contribution in [0.5, 0.6) is 0 Å². The van der Waals surface area contributed by atoms with E-state index in [-0.39, 0.29) is 0 Å². The van der Waals surface area contributed by atoms with Crippen LogP contribution < -0.4 is 0 Å². The zero-order valence-electron chi connectivity index (χ0n) is 17.4. The van der Waals surface area contributed by atoms with Gasteiger partial charge in [0.25, 0.3) is 0 Å². The van der Waals surface area contributed by atoms with Gasteiger partial charge in [-0.25, -0.2) is 0 Å². The fraction of sp³-hybridized carbons (Fsp3) is 0.600. The van der Waals surface area contributed by atoms with Crippen molar-refractivity contribution in [3.8, 4) is 11.4 Å². The second-order valence-corrected chi connectivity index (χ2v) is 9.78. The van der Waals surface area contributed by atoms with Gasteiger partial charge in [-0.05, 0) is 104 Å². The third-order valence-corrected chi connectivity index (χ3v) is 7.94. The highest BCUT2D eigenvalue weighted by Gasteiger charge is 2.56. The number of pyridine rings is 2. The van der Waals surface area contributed by atoms with Crippen LogP contribution in [0.4, 0.5) is 0 Å². The number of nitrogens with zero attached hydrogens (tertiary/aromatic N) is 3. The molecule has 4 aliphatic rings. The highest BCUT2D eigenvalue weighted by Crippen LogP contribution is 2.67. The summed E-state index contributed by atoms with van der Waals surface area (Å²) in [5.74, 6) is 2.22. The summed E-state index contributed by atoms with van der Waals surface area (Å²) in [5, 5.41) is 0. The topological polar surface area (TPSA) is 29.0 Å². The van der Waals surface area contributed by atoms with Gasteiger partial charge in [-0.3, -0.25) is 9.97 Å². The van der Waals surface area contributed by atoms with Gasteiger partial charge in [-0.1, -0.05) is 26.3 Å². The van der Waals surface area contributed by atoms with Crippen molar-refractivity contribution < 1.29 is 0 Å². The smallest absolute Gasteiger partial charge is 0.0889 e. The summed E-state index contributed by atoms with van der Waals surface area (Å²) in [7, 11) is 0. The van der Waals surface area contributed by atoms with Gasteiger partial charge in [0.15, 0.2) is 0 Å². The van der Waals surface area contributed by atoms with E-state index in [0.29, 0.717) is 17.3 Å². The van der Waals surface area contributed by atoms with Crippen molar-refractivity contribution in [2.75, 3.05) is 19.6 Å². The molecule has 0 radical (unpaired) electrons. The Bertz CT molecular complexity index is 823. The molecule has 2 fully saturated rings. The minimum atomic E-state index is 0.431. The molecule has 6 rings (SSSR count). The average Bonchev–Trinajstić information content (AvgIpc) is 3.24. The van der Waals surface area contributed by atoms with Crippen molar-refractivity contribution in [3.05, 3.63) is 47.8 Å². The second-order valence-electron chi connectivity index (χ2n) is 9.78. The van der Waals surface area contributed by atoms with Gasteiger partial charge < -0.3 is 4.90 Å². The Labute approximate surface area is 169 Å². The van der Waals surface area contributed by atoms with E-state index in [0.717, 1.165) is 17.3 Å². The number of unbranched alkanes of at least 4 members (excludes halogenated alkanes) is 1. The molecule has 2 bridgehead atoms. The quantitative estimate of drug-likeness (QED) is 0.612. The monoisotopic (exact) mass is 375 g/mol. The standard InChI is InChI=1S/C25H33N3/c1-25(2)21-16-22(25)20-17-27-24(23-10-3-5-11-26-23)15-19(20)18(21)9-4-6-12-28-13-7-8-14-28/h3,5,10-11,15,17-18,21-22H,4,6-9,12-14,16H2,1-2H3/t18?,21-,22+/m1/s1. The summed E-state index contributed by atoms with van der Waals surface area (Å²) >= 11 is 0. The first kappa shape index (κ1) is 18.3. The molecule has 0 amide bonds. The first-order valence-corrected chi connectivity index (χ1v) is 11.3. The van der Waals surface area contributed by atoms with Gasteiger partial charge in [0.05, 0.1) is 11.4 Å². The third-order valence-electron chi connectivity index (χ3n) is 7.94. The molecule has 3 atom stereocenters. The van der Waals surface area contributed by atoms with Gasteiger partial charge in [0.1, 0.15) is 0 Å². The van der Waals surface area contributed by atoms with E-state index in [4.69, 9.17) is 4.98 Å². The lowest BCUT2D eigenvalue weighted by atomic mass is 9.44. The number of likely N-dealkylation sites (tertiary alicyclic amines) is 1. The van der Waals surface area contributed by atoms with Crippen molar-refractivity contribution in [2.45, 2.75) is 64.2 Å². The van der Waals surface area contributed by atoms with Crippen LogP contribution in [-0.2, 0) is 0 Å². The Morgan fingerprint density at radius 2 is 1.89 bits per heavy atom. The molecule has 3 heteroatoms. The normalized spacial score (nSPS) is 28.0. The van der Waals surface area contributed by atoms with Gasteiger partial charge in [0, 0.05) is 12.4 Å². The van der Waals surface area contributed by atoms with Crippen LogP contribution in [0.25, 0.3) is 11.4 Å². The Morgan fingerprint density at radius 3 is 2.64 bits per heavy atom. The summed E-state index contributed by atoms with van der Waals surface area (Å²) < 4.78 is 0. The molecule has 1 saturated carbocycles. The Morgan fingerprint density at radius 1 is 1.04 bits per heavy atom. The van der Waals surface area contributed by atoms with Crippen molar-refractivity contribution in [1.29, 1.82) is 0 Å². The molecule has 0 aromatic carbocycles. The lowest BCUT2D eigenvalue weighted by Crippen LogP contribution is -2.50. The number of aromatic nitrogens is 2. The highest BCUT2D eigenvalue weighted by atomic mass is 15.1. The maximum atomic E-state index is 4.82.